The SMILES string of the molecule is O=C(NCc1cnc(-c2ccc3[nH]ncc3c2)s1)c1ccc2c(c1)NC(=O)c1ccccc1S2(=O)=O. The van der Waals surface area contributed by atoms with Crippen molar-refractivity contribution in [1.82, 2.24) is 20.5 Å². The molecule has 3 N–H and O–H groups in total. The highest BCUT2D eigenvalue weighted by molar-refractivity contribution is 7.91. The zero-order valence-electron chi connectivity index (χ0n) is 18.5. The Morgan fingerprint density at radius 3 is 2.75 bits per heavy atom. The van der Waals surface area contributed by atoms with Gasteiger partial charge in [0.1, 0.15) is 5.01 Å². The molecule has 5 aromatic rings. The Labute approximate surface area is 209 Å². The maximum Gasteiger partial charge on any atom is 0.257 e. The van der Waals surface area contributed by atoms with E-state index in [4.69, 9.17) is 0 Å². The van der Waals surface area contributed by atoms with Crippen LogP contribution in [0.4, 0.5) is 5.69 Å². The molecule has 0 bridgehead atoms. The van der Waals surface area contributed by atoms with Crippen LogP contribution in [0.25, 0.3) is 21.5 Å². The van der Waals surface area contributed by atoms with Gasteiger partial charge < -0.3 is 10.6 Å². The van der Waals surface area contributed by atoms with Crippen molar-refractivity contribution in [2.45, 2.75) is 16.3 Å². The molecule has 2 amide bonds. The van der Waals surface area contributed by atoms with Gasteiger partial charge in [0.15, 0.2) is 0 Å². The van der Waals surface area contributed by atoms with E-state index in [2.05, 4.69) is 25.8 Å². The van der Waals surface area contributed by atoms with Crippen LogP contribution < -0.4 is 10.6 Å². The summed E-state index contributed by atoms with van der Waals surface area (Å²) in [7, 11) is -3.93. The van der Waals surface area contributed by atoms with Gasteiger partial charge in [-0.05, 0) is 48.5 Å². The first-order chi connectivity index (χ1) is 17.4. The minimum atomic E-state index is -3.93. The number of thiazole rings is 1. The van der Waals surface area contributed by atoms with Crippen molar-refractivity contribution < 1.29 is 18.0 Å². The molecule has 1 aliphatic heterocycles. The number of hydrogen-bond donors (Lipinski definition) is 3. The van der Waals surface area contributed by atoms with Crippen molar-refractivity contribution in [3.8, 4) is 10.6 Å². The van der Waals surface area contributed by atoms with E-state index in [9.17, 15) is 18.0 Å². The third-order valence-corrected chi connectivity index (χ3v) is 8.78. The van der Waals surface area contributed by atoms with Crippen LogP contribution in [0.15, 0.2) is 82.8 Å². The standard InChI is InChI=1S/C25H17N5O4S2/c31-23(26-12-17-13-27-25(35-17)15-5-7-19-16(9-15)11-28-30-19)14-6-8-22-20(10-14)29-24(32)18-3-1-2-4-21(18)36(22,33)34/h1-11,13H,12H2,(H,26,31)(H,28,30)(H,29,32). The van der Waals surface area contributed by atoms with E-state index in [1.165, 1.54) is 41.7 Å². The molecule has 1 aliphatic rings. The van der Waals surface area contributed by atoms with E-state index in [1.54, 1.807) is 24.5 Å². The zero-order chi connectivity index (χ0) is 24.9. The summed E-state index contributed by atoms with van der Waals surface area (Å²) in [5.74, 6) is -0.947. The number of aromatic amines is 1. The quantitative estimate of drug-likeness (QED) is 0.331. The molecule has 0 unspecified atom stereocenters. The van der Waals surface area contributed by atoms with E-state index >= 15 is 0 Å². The number of H-pyrrole nitrogens is 1. The minimum Gasteiger partial charge on any atom is -0.347 e. The summed E-state index contributed by atoms with van der Waals surface area (Å²) in [4.78, 5) is 30.7. The first kappa shape index (κ1) is 22.1. The van der Waals surface area contributed by atoms with Crippen LogP contribution in [0.1, 0.15) is 25.6 Å². The summed E-state index contributed by atoms with van der Waals surface area (Å²) < 4.78 is 26.3. The summed E-state index contributed by atoms with van der Waals surface area (Å²) in [6.45, 7) is 0.248. The Hall–Kier alpha value is -4.35. The van der Waals surface area contributed by atoms with Gasteiger partial charge in [-0.3, -0.25) is 14.7 Å². The number of anilines is 1. The smallest absolute Gasteiger partial charge is 0.257 e. The van der Waals surface area contributed by atoms with Crippen molar-refractivity contribution in [2.75, 3.05) is 5.32 Å². The number of fused-ring (bicyclic) bond motifs is 3. The third kappa shape index (κ3) is 3.74. The Kier molecular flexibility index (Phi) is 5.16. The monoisotopic (exact) mass is 515 g/mol. The number of carbonyl (C=O) groups excluding carboxylic acids is 2. The predicted molar refractivity (Wildman–Crippen MR) is 135 cm³/mol. The van der Waals surface area contributed by atoms with Crippen LogP contribution in [0.2, 0.25) is 0 Å². The van der Waals surface area contributed by atoms with Crippen molar-refractivity contribution in [3.63, 3.8) is 0 Å². The van der Waals surface area contributed by atoms with Gasteiger partial charge in [0.2, 0.25) is 9.84 Å². The highest BCUT2D eigenvalue weighted by atomic mass is 32.2. The van der Waals surface area contributed by atoms with E-state index in [-0.39, 0.29) is 33.2 Å². The molecule has 0 aliphatic carbocycles. The van der Waals surface area contributed by atoms with Gasteiger partial charge in [0, 0.05) is 27.6 Å². The summed E-state index contributed by atoms with van der Waals surface area (Å²) >= 11 is 1.46. The average Bonchev–Trinajstić information content (AvgIpc) is 3.54. The fourth-order valence-electron chi connectivity index (χ4n) is 4.07. The predicted octanol–water partition coefficient (Wildman–Crippen LogP) is 4.01. The molecule has 36 heavy (non-hydrogen) atoms. The first-order valence-corrected chi connectivity index (χ1v) is 13.2. The van der Waals surface area contributed by atoms with Crippen LogP contribution in [-0.4, -0.2) is 35.4 Å². The maximum atomic E-state index is 13.1. The molecular weight excluding hydrogens is 498 g/mol. The lowest BCUT2D eigenvalue weighted by Gasteiger charge is -2.10. The number of carbonyl (C=O) groups is 2. The molecule has 3 aromatic carbocycles. The summed E-state index contributed by atoms with van der Waals surface area (Å²) in [5.41, 5.74) is 2.25. The molecule has 0 fully saturated rings. The second-order valence-electron chi connectivity index (χ2n) is 8.15. The molecule has 0 radical (unpaired) electrons. The highest BCUT2D eigenvalue weighted by Crippen LogP contribution is 2.34. The topological polar surface area (TPSA) is 134 Å². The molecule has 11 heteroatoms. The number of nitrogens with one attached hydrogen (secondary N) is 3. The largest absolute Gasteiger partial charge is 0.347 e. The lowest BCUT2D eigenvalue weighted by atomic mass is 10.1. The van der Waals surface area contributed by atoms with Crippen LogP contribution in [-0.2, 0) is 16.4 Å². The Bertz CT molecular complexity index is 1790. The van der Waals surface area contributed by atoms with E-state index in [0.717, 1.165) is 26.4 Å². The molecule has 178 valence electrons. The molecule has 0 saturated heterocycles. The molecule has 0 spiro atoms. The number of rotatable bonds is 4. The summed E-state index contributed by atoms with van der Waals surface area (Å²) in [6, 6.07) is 16.1. The lowest BCUT2D eigenvalue weighted by molar-refractivity contribution is 0.0949. The van der Waals surface area contributed by atoms with Gasteiger partial charge in [0.25, 0.3) is 11.8 Å². The van der Waals surface area contributed by atoms with Gasteiger partial charge >= 0.3 is 0 Å². The number of aromatic nitrogens is 3. The number of hydrogen-bond acceptors (Lipinski definition) is 7. The normalized spacial score (nSPS) is 13.9. The van der Waals surface area contributed by atoms with Crippen LogP contribution >= 0.6 is 11.3 Å². The second kappa shape index (κ2) is 8.40. The molecular formula is C25H17N5O4S2. The summed E-state index contributed by atoms with van der Waals surface area (Å²) in [5, 5.41) is 14.2. The molecule has 6 rings (SSSR count). The van der Waals surface area contributed by atoms with Crippen molar-refractivity contribution in [1.29, 1.82) is 0 Å². The van der Waals surface area contributed by atoms with Crippen molar-refractivity contribution in [2.24, 2.45) is 0 Å². The Morgan fingerprint density at radius 2 is 1.86 bits per heavy atom. The summed E-state index contributed by atoms with van der Waals surface area (Å²) in [6.07, 6.45) is 3.46. The van der Waals surface area contributed by atoms with Crippen LogP contribution in [0, 0.1) is 0 Å². The van der Waals surface area contributed by atoms with Gasteiger partial charge in [0.05, 0.1) is 39.3 Å². The van der Waals surface area contributed by atoms with Crippen molar-refractivity contribution in [3.05, 3.63) is 89.1 Å². The highest BCUT2D eigenvalue weighted by Gasteiger charge is 2.31. The fourth-order valence-corrected chi connectivity index (χ4v) is 6.51. The van der Waals surface area contributed by atoms with Gasteiger partial charge in [-0.1, -0.05) is 12.1 Å². The molecule has 3 heterocycles. The van der Waals surface area contributed by atoms with Crippen LogP contribution in [0.3, 0.4) is 0 Å². The molecule has 2 aromatic heterocycles. The van der Waals surface area contributed by atoms with E-state index < -0.39 is 21.7 Å². The molecule has 9 nitrogen and oxygen atoms in total. The van der Waals surface area contributed by atoms with Gasteiger partial charge in [-0.25, -0.2) is 13.4 Å². The number of amides is 2. The van der Waals surface area contributed by atoms with E-state index in [1.807, 2.05) is 18.2 Å². The minimum absolute atomic E-state index is 0.0564. The van der Waals surface area contributed by atoms with Crippen molar-refractivity contribution >= 4 is 49.6 Å². The number of benzene rings is 3. The van der Waals surface area contributed by atoms with E-state index in [0.29, 0.717) is 0 Å². The maximum absolute atomic E-state index is 13.1. The fraction of sp³-hybridized carbons (Fsp3) is 0.0400. The number of sulfone groups is 1. The number of nitrogens with zero attached hydrogens (tertiary/aromatic N) is 2. The zero-order valence-corrected chi connectivity index (χ0v) is 20.1. The van der Waals surface area contributed by atoms with Crippen LogP contribution in [0.5, 0.6) is 0 Å². The lowest BCUT2D eigenvalue weighted by Crippen LogP contribution is -2.22. The van der Waals surface area contributed by atoms with Gasteiger partial charge in [-0.15, -0.1) is 11.3 Å². The first-order valence-electron chi connectivity index (χ1n) is 10.9. The third-order valence-electron chi connectivity index (χ3n) is 5.86. The molecule has 0 saturated carbocycles. The Morgan fingerprint density at radius 1 is 1.00 bits per heavy atom. The average molecular weight is 516 g/mol. The molecule has 0 atom stereocenters. The second-order valence-corrected chi connectivity index (χ2v) is 11.2. The Balaban J connectivity index is 1.21. The van der Waals surface area contributed by atoms with Gasteiger partial charge in [-0.2, -0.15) is 5.10 Å².